The summed E-state index contributed by atoms with van der Waals surface area (Å²) in [5.41, 5.74) is 2.72. The smallest absolute Gasteiger partial charge is 0.341 e. The number of esters is 1. The molecular formula is C19H19N3O3S. The molecule has 0 spiro atoms. The van der Waals surface area contributed by atoms with Gasteiger partial charge in [0.2, 0.25) is 5.91 Å². The van der Waals surface area contributed by atoms with E-state index in [1.54, 1.807) is 24.3 Å². The lowest BCUT2D eigenvalue weighted by Gasteiger charge is -2.12. The van der Waals surface area contributed by atoms with Crippen molar-refractivity contribution < 1.29 is 14.3 Å². The Kier molecular flexibility index (Phi) is 5.54. The molecular weight excluding hydrogens is 350 g/mol. The van der Waals surface area contributed by atoms with Crippen LogP contribution in [0.15, 0.2) is 24.3 Å². The van der Waals surface area contributed by atoms with Crippen LogP contribution in [0.4, 0.5) is 10.7 Å². The zero-order chi connectivity index (χ0) is 18.5. The van der Waals surface area contributed by atoms with Crippen LogP contribution < -0.4 is 10.6 Å². The minimum atomic E-state index is -0.408. The van der Waals surface area contributed by atoms with Crippen molar-refractivity contribution in [2.24, 2.45) is 0 Å². The number of methoxy groups -OCH3 is 1. The summed E-state index contributed by atoms with van der Waals surface area (Å²) in [6.07, 6.45) is 3.90. The highest BCUT2D eigenvalue weighted by molar-refractivity contribution is 7.17. The monoisotopic (exact) mass is 369 g/mol. The molecule has 0 radical (unpaired) electrons. The van der Waals surface area contributed by atoms with Gasteiger partial charge < -0.3 is 15.4 Å². The van der Waals surface area contributed by atoms with E-state index < -0.39 is 5.97 Å². The van der Waals surface area contributed by atoms with Gasteiger partial charge in [-0.25, -0.2) is 4.79 Å². The van der Waals surface area contributed by atoms with Gasteiger partial charge in [0.15, 0.2) is 0 Å². The first-order valence-electron chi connectivity index (χ1n) is 8.39. The summed E-state index contributed by atoms with van der Waals surface area (Å²) >= 11 is 1.46. The SMILES string of the molecule is COC(=O)c1c(NC(=O)CNc2cccc(C#N)c2)sc2c1CCCC2. The normalized spacial score (nSPS) is 12.6. The number of benzene rings is 1. The summed E-state index contributed by atoms with van der Waals surface area (Å²) in [6.45, 7) is 0.0397. The fourth-order valence-electron chi connectivity index (χ4n) is 3.02. The Bertz CT molecular complexity index is 883. The third-order valence-corrected chi connectivity index (χ3v) is 5.47. The molecule has 2 N–H and O–H groups in total. The topological polar surface area (TPSA) is 91.2 Å². The largest absolute Gasteiger partial charge is 0.465 e. The molecule has 3 rings (SSSR count). The zero-order valence-electron chi connectivity index (χ0n) is 14.4. The average Bonchev–Trinajstić information content (AvgIpc) is 3.03. The first-order chi connectivity index (χ1) is 12.6. The van der Waals surface area contributed by atoms with Gasteiger partial charge in [-0.1, -0.05) is 6.07 Å². The molecule has 1 aliphatic carbocycles. The highest BCUT2D eigenvalue weighted by atomic mass is 32.1. The van der Waals surface area contributed by atoms with Gasteiger partial charge in [-0.05, 0) is 49.4 Å². The number of nitrogens with zero attached hydrogens (tertiary/aromatic N) is 1. The Morgan fingerprint density at radius 2 is 2.12 bits per heavy atom. The highest BCUT2D eigenvalue weighted by Gasteiger charge is 2.26. The Hall–Kier alpha value is -2.85. The minimum Gasteiger partial charge on any atom is -0.465 e. The van der Waals surface area contributed by atoms with Crippen LogP contribution in [-0.4, -0.2) is 25.5 Å². The van der Waals surface area contributed by atoms with E-state index in [1.165, 1.54) is 18.4 Å². The predicted molar refractivity (Wildman–Crippen MR) is 101 cm³/mol. The summed E-state index contributed by atoms with van der Waals surface area (Å²) in [5, 5.41) is 15.3. The molecule has 26 heavy (non-hydrogen) atoms. The molecule has 0 bridgehead atoms. The molecule has 1 aromatic heterocycles. The van der Waals surface area contributed by atoms with Crippen molar-refractivity contribution in [1.29, 1.82) is 5.26 Å². The van der Waals surface area contributed by atoms with E-state index in [4.69, 9.17) is 10.00 Å². The van der Waals surface area contributed by atoms with E-state index in [2.05, 4.69) is 16.7 Å². The lowest BCUT2D eigenvalue weighted by atomic mass is 9.95. The third kappa shape index (κ3) is 3.86. The van der Waals surface area contributed by atoms with Crippen molar-refractivity contribution in [1.82, 2.24) is 0 Å². The second kappa shape index (κ2) is 8.02. The summed E-state index contributed by atoms with van der Waals surface area (Å²) in [4.78, 5) is 25.7. The maximum absolute atomic E-state index is 12.3. The Morgan fingerprint density at radius 1 is 1.31 bits per heavy atom. The van der Waals surface area contributed by atoms with Crippen LogP contribution in [0.3, 0.4) is 0 Å². The second-order valence-electron chi connectivity index (χ2n) is 6.00. The molecule has 0 saturated carbocycles. The first kappa shape index (κ1) is 18.0. The Labute approximate surface area is 155 Å². The van der Waals surface area contributed by atoms with Gasteiger partial charge in [0.25, 0.3) is 0 Å². The van der Waals surface area contributed by atoms with Crippen LogP contribution >= 0.6 is 11.3 Å². The molecule has 1 aromatic carbocycles. The van der Waals surface area contributed by atoms with Gasteiger partial charge in [0.1, 0.15) is 5.00 Å². The summed E-state index contributed by atoms with van der Waals surface area (Å²) in [7, 11) is 1.35. The Balaban J connectivity index is 1.72. The maximum Gasteiger partial charge on any atom is 0.341 e. The number of hydrogen-bond acceptors (Lipinski definition) is 6. The molecule has 6 nitrogen and oxygen atoms in total. The quantitative estimate of drug-likeness (QED) is 0.789. The number of rotatable bonds is 5. The average molecular weight is 369 g/mol. The molecule has 1 heterocycles. The van der Waals surface area contributed by atoms with E-state index >= 15 is 0 Å². The number of ether oxygens (including phenoxy) is 1. The minimum absolute atomic E-state index is 0.0397. The molecule has 1 amide bonds. The van der Waals surface area contributed by atoms with Crippen molar-refractivity contribution in [2.45, 2.75) is 25.7 Å². The van der Waals surface area contributed by atoms with Crippen molar-refractivity contribution in [3.8, 4) is 6.07 Å². The third-order valence-electron chi connectivity index (χ3n) is 4.26. The summed E-state index contributed by atoms with van der Waals surface area (Å²) < 4.78 is 4.91. The predicted octanol–water partition coefficient (Wildman–Crippen LogP) is 3.34. The van der Waals surface area contributed by atoms with E-state index in [9.17, 15) is 9.59 Å². The first-order valence-corrected chi connectivity index (χ1v) is 9.20. The van der Waals surface area contributed by atoms with Gasteiger partial charge in [0.05, 0.1) is 30.9 Å². The lowest BCUT2D eigenvalue weighted by Crippen LogP contribution is -2.22. The highest BCUT2D eigenvalue weighted by Crippen LogP contribution is 2.38. The maximum atomic E-state index is 12.3. The van der Waals surface area contributed by atoms with Crippen LogP contribution in [0.2, 0.25) is 0 Å². The van der Waals surface area contributed by atoms with Gasteiger partial charge >= 0.3 is 5.97 Å². The standard InChI is InChI=1S/C19H19N3O3S/c1-25-19(24)17-14-7-2-3-8-15(14)26-18(17)22-16(23)11-21-13-6-4-5-12(9-13)10-20/h4-6,9,21H,2-3,7-8,11H2,1H3,(H,22,23). The number of amides is 1. The molecule has 134 valence electrons. The van der Waals surface area contributed by atoms with Crippen molar-refractivity contribution in [2.75, 3.05) is 24.3 Å². The van der Waals surface area contributed by atoms with Crippen LogP contribution in [-0.2, 0) is 22.4 Å². The van der Waals surface area contributed by atoms with Crippen LogP contribution in [0.5, 0.6) is 0 Å². The number of nitriles is 1. The fraction of sp³-hybridized carbons (Fsp3) is 0.316. The van der Waals surface area contributed by atoms with E-state index in [0.717, 1.165) is 36.1 Å². The molecule has 0 saturated heterocycles. The van der Waals surface area contributed by atoms with Crippen molar-refractivity contribution in [3.63, 3.8) is 0 Å². The number of hydrogen-bond donors (Lipinski definition) is 2. The fourth-order valence-corrected chi connectivity index (χ4v) is 4.32. The second-order valence-corrected chi connectivity index (χ2v) is 7.11. The zero-order valence-corrected chi connectivity index (χ0v) is 15.2. The molecule has 0 fully saturated rings. The molecule has 2 aromatic rings. The van der Waals surface area contributed by atoms with Crippen molar-refractivity contribution >= 4 is 33.9 Å². The van der Waals surface area contributed by atoms with Gasteiger partial charge in [0, 0.05) is 10.6 Å². The number of thiophene rings is 1. The molecule has 0 atom stereocenters. The number of anilines is 2. The van der Waals surface area contributed by atoms with Crippen LogP contribution in [0.1, 0.15) is 39.2 Å². The van der Waals surface area contributed by atoms with E-state index in [0.29, 0.717) is 21.8 Å². The van der Waals surface area contributed by atoms with E-state index in [-0.39, 0.29) is 12.5 Å². The number of carbonyl (C=O) groups is 2. The number of nitrogens with one attached hydrogen (secondary N) is 2. The van der Waals surface area contributed by atoms with Crippen LogP contribution in [0, 0.1) is 11.3 Å². The van der Waals surface area contributed by atoms with E-state index in [1.807, 2.05) is 0 Å². The van der Waals surface area contributed by atoms with Crippen molar-refractivity contribution in [3.05, 3.63) is 45.8 Å². The molecule has 0 unspecified atom stereocenters. The van der Waals surface area contributed by atoms with Gasteiger partial charge in [-0.3, -0.25) is 4.79 Å². The lowest BCUT2D eigenvalue weighted by molar-refractivity contribution is -0.114. The molecule has 7 heteroatoms. The molecule has 0 aliphatic heterocycles. The summed E-state index contributed by atoms with van der Waals surface area (Å²) in [5.74, 6) is -0.662. The molecule has 1 aliphatic rings. The van der Waals surface area contributed by atoms with Gasteiger partial charge in [-0.15, -0.1) is 11.3 Å². The Morgan fingerprint density at radius 3 is 2.88 bits per heavy atom. The van der Waals surface area contributed by atoms with Crippen LogP contribution in [0.25, 0.3) is 0 Å². The summed E-state index contributed by atoms with van der Waals surface area (Å²) in [6, 6.07) is 8.98. The number of fused-ring (bicyclic) bond motifs is 1. The number of carbonyl (C=O) groups excluding carboxylic acids is 2. The number of aryl methyl sites for hydroxylation is 1. The van der Waals surface area contributed by atoms with Gasteiger partial charge in [-0.2, -0.15) is 5.26 Å².